The minimum atomic E-state index is -0.249. The summed E-state index contributed by atoms with van der Waals surface area (Å²) >= 11 is 0. The summed E-state index contributed by atoms with van der Waals surface area (Å²) in [6.45, 7) is 4.54. The first-order valence-electron chi connectivity index (χ1n) is 9.79. The largest absolute Gasteiger partial charge is 0.294 e. The van der Waals surface area contributed by atoms with Gasteiger partial charge in [-0.1, -0.05) is 0 Å². The maximum Gasteiger partial charge on any atom is 0.162 e. The Morgan fingerprint density at radius 2 is 1.83 bits per heavy atom. The van der Waals surface area contributed by atoms with E-state index in [1.54, 1.807) is 24.5 Å². The van der Waals surface area contributed by atoms with E-state index < -0.39 is 0 Å². The number of fused-ring (bicyclic) bond motifs is 1. The van der Waals surface area contributed by atoms with Gasteiger partial charge in [0, 0.05) is 61.5 Å². The van der Waals surface area contributed by atoms with Crippen molar-refractivity contribution in [2.45, 2.75) is 26.4 Å². The lowest BCUT2D eigenvalue weighted by Crippen LogP contribution is -2.31. The second-order valence-corrected chi connectivity index (χ2v) is 7.40. The van der Waals surface area contributed by atoms with Gasteiger partial charge in [-0.15, -0.1) is 0 Å². The van der Waals surface area contributed by atoms with Crippen LogP contribution in [0.3, 0.4) is 0 Å². The summed E-state index contributed by atoms with van der Waals surface area (Å²) in [5, 5.41) is 4.50. The Labute approximate surface area is 173 Å². The highest BCUT2D eigenvalue weighted by molar-refractivity contribution is 5.52. The van der Waals surface area contributed by atoms with Crippen LogP contribution in [0.4, 0.5) is 4.39 Å². The quantitative estimate of drug-likeness (QED) is 0.523. The van der Waals surface area contributed by atoms with Gasteiger partial charge < -0.3 is 0 Å². The highest BCUT2D eigenvalue weighted by Crippen LogP contribution is 2.23. The number of hydrogen-bond acceptors (Lipinski definition) is 6. The van der Waals surface area contributed by atoms with Crippen molar-refractivity contribution >= 4 is 0 Å². The maximum atomic E-state index is 13.2. The fourth-order valence-electron chi connectivity index (χ4n) is 3.75. The van der Waals surface area contributed by atoms with Crippen LogP contribution >= 0.6 is 0 Å². The fraction of sp³-hybridized carbons (Fsp3) is 0.227. The van der Waals surface area contributed by atoms with E-state index in [0.717, 1.165) is 59.8 Å². The third-order valence-electron chi connectivity index (χ3n) is 5.41. The van der Waals surface area contributed by atoms with Gasteiger partial charge in [0.25, 0.3) is 0 Å². The Morgan fingerprint density at radius 3 is 2.63 bits per heavy atom. The second-order valence-electron chi connectivity index (χ2n) is 7.40. The highest BCUT2D eigenvalue weighted by Gasteiger charge is 2.20. The lowest BCUT2D eigenvalue weighted by molar-refractivity contribution is 0.242. The molecule has 4 heterocycles. The van der Waals surface area contributed by atoms with E-state index >= 15 is 0 Å². The molecule has 0 fully saturated rings. The third kappa shape index (κ3) is 3.57. The number of aromatic nitrogens is 6. The monoisotopic (exact) mass is 401 g/mol. The normalized spacial score (nSPS) is 13.9. The molecule has 0 amide bonds. The minimum Gasteiger partial charge on any atom is -0.294 e. The molecular weight excluding hydrogens is 381 g/mol. The summed E-state index contributed by atoms with van der Waals surface area (Å²) in [5.74, 6) is 0.417. The van der Waals surface area contributed by atoms with E-state index in [9.17, 15) is 4.39 Å². The summed E-state index contributed by atoms with van der Waals surface area (Å²) in [5.41, 5.74) is 6.12. The number of rotatable bonds is 4. The van der Waals surface area contributed by atoms with Crippen LogP contribution in [0.15, 0.2) is 55.4 Å². The Bertz CT molecular complexity index is 1170. The van der Waals surface area contributed by atoms with Crippen LogP contribution < -0.4 is 0 Å². The van der Waals surface area contributed by atoms with Crippen molar-refractivity contribution in [3.05, 3.63) is 83.7 Å². The zero-order valence-corrected chi connectivity index (χ0v) is 16.5. The van der Waals surface area contributed by atoms with Crippen LogP contribution in [-0.2, 0) is 19.5 Å². The van der Waals surface area contributed by atoms with Crippen LogP contribution in [0.1, 0.15) is 22.5 Å². The molecule has 7 nitrogen and oxygen atoms in total. The molecule has 8 heteroatoms. The Kier molecular flexibility index (Phi) is 4.76. The molecule has 30 heavy (non-hydrogen) atoms. The molecule has 1 aliphatic rings. The smallest absolute Gasteiger partial charge is 0.162 e. The van der Waals surface area contributed by atoms with E-state index in [2.05, 4.69) is 25.0 Å². The van der Waals surface area contributed by atoms with Gasteiger partial charge in [-0.25, -0.2) is 29.0 Å². The predicted octanol–water partition coefficient (Wildman–Crippen LogP) is 3.13. The first-order valence-corrected chi connectivity index (χ1v) is 9.79. The summed E-state index contributed by atoms with van der Waals surface area (Å²) in [4.78, 5) is 19.7. The van der Waals surface area contributed by atoms with Gasteiger partial charge in [0.1, 0.15) is 12.1 Å². The topological polar surface area (TPSA) is 72.6 Å². The van der Waals surface area contributed by atoms with Crippen LogP contribution in [0, 0.1) is 12.7 Å². The van der Waals surface area contributed by atoms with Crippen molar-refractivity contribution in [3.8, 4) is 17.1 Å². The summed E-state index contributed by atoms with van der Waals surface area (Å²) < 4.78 is 15.1. The van der Waals surface area contributed by atoms with Crippen molar-refractivity contribution in [2.75, 3.05) is 6.54 Å². The van der Waals surface area contributed by atoms with Crippen molar-refractivity contribution in [2.24, 2.45) is 0 Å². The summed E-state index contributed by atoms with van der Waals surface area (Å²) in [6.07, 6.45) is 9.62. The van der Waals surface area contributed by atoms with Gasteiger partial charge in [-0.05, 0) is 31.2 Å². The lowest BCUT2D eigenvalue weighted by atomic mass is 10.1. The van der Waals surface area contributed by atoms with Gasteiger partial charge in [0.05, 0.1) is 23.1 Å². The highest BCUT2D eigenvalue weighted by atomic mass is 19.1. The van der Waals surface area contributed by atoms with Crippen LogP contribution in [0.5, 0.6) is 0 Å². The molecule has 1 aromatic carbocycles. The first-order chi connectivity index (χ1) is 14.7. The maximum absolute atomic E-state index is 13.2. The van der Waals surface area contributed by atoms with E-state index in [1.165, 1.54) is 18.5 Å². The van der Waals surface area contributed by atoms with Crippen LogP contribution in [0.25, 0.3) is 17.1 Å². The molecule has 150 valence electrons. The standard InChI is InChI=1S/C22H20FN7/c1-15-17(11-27-30(15)20-4-2-19(23)3-5-20)12-29-7-6-21-18(13-29)10-26-22(28-21)16-8-24-14-25-9-16/h2-5,8-11,14H,6-7,12-13H2,1H3. The van der Waals surface area contributed by atoms with Gasteiger partial charge in [-0.2, -0.15) is 5.10 Å². The third-order valence-corrected chi connectivity index (χ3v) is 5.41. The molecule has 0 bridgehead atoms. The fourth-order valence-corrected chi connectivity index (χ4v) is 3.75. The molecule has 1 aliphatic heterocycles. The van der Waals surface area contributed by atoms with E-state index in [-0.39, 0.29) is 5.82 Å². The molecule has 0 saturated carbocycles. The van der Waals surface area contributed by atoms with Crippen molar-refractivity contribution in [1.29, 1.82) is 0 Å². The van der Waals surface area contributed by atoms with Crippen molar-refractivity contribution < 1.29 is 4.39 Å². The molecule has 4 aromatic rings. The van der Waals surface area contributed by atoms with E-state index in [1.807, 2.05) is 24.0 Å². The van der Waals surface area contributed by atoms with Gasteiger partial charge in [0.15, 0.2) is 5.82 Å². The summed E-state index contributed by atoms with van der Waals surface area (Å²) in [7, 11) is 0. The molecule has 0 saturated heterocycles. The molecule has 5 rings (SSSR count). The number of hydrogen-bond donors (Lipinski definition) is 0. The molecule has 0 N–H and O–H groups in total. The van der Waals surface area contributed by atoms with Gasteiger partial charge >= 0.3 is 0 Å². The Morgan fingerprint density at radius 1 is 1.03 bits per heavy atom. The van der Waals surface area contributed by atoms with Gasteiger partial charge in [0.2, 0.25) is 0 Å². The lowest BCUT2D eigenvalue weighted by Gasteiger charge is -2.27. The number of halogens is 1. The predicted molar refractivity (Wildman–Crippen MR) is 109 cm³/mol. The van der Waals surface area contributed by atoms with Crippen LogP contribution in [0.2, 0.25) is 0 Å². The average Bonchev–Trinajstić information content (AvgIpc) is 3.14. The van der Waals surface area contributed by atoms with E-state index in [0.29, 0.717) is 5.82 Å². The minimum absolute atomic E-state index is 0.249. The summed E-state index contributed by atoms with van der Waals surface area (Å²) in [6, 6.07) is 6.38. The van der Waals surface area contributed by atoms with Crippen LogP contribution in [-0.4, -0.2) is 41.2 Å². The molecule has 0 atom stereocenters. The molecular formula is C22H20FN7. The SMILES string of the molecule is Cc1c(CN2CCc3nc(-c4cncnc4)ncc3C2)cnn1-c1ccc(F)cc1. The zero-order chi connectivity index (χ0) is 20.5. The Hall–Kier alpha value is -3.52. The average molecular weight is 401 g/mol. The molecule has 0 radical (unpaired) electrons. The second kappa shape index (κ2) is 7.72. The zero-order valence-electron chi connectivity index (χ0n) is 16.5. The van der Waals surface area contributed by atoms with Crippen molar-refractivity contribution in [1.82, 2.24) is 34.6 Å². The first kappa shape index (κ1) is 18.5. The van der Waals surface area contributed by atoms with Crippen molar-refractivity contribution in [3.63, 3.8) is 0 Å². The number of nitrogens with zero attached hydrogens (tertiary/aromatic N) is 7. The van der Waals surface area contributed by atoms with E-state index in [4.69, 9.17) is 4.98 Å². The Balaban J connectivity index is 1.32. The molecule has 0 aliphatic carbocycles. The number of benzene rings is 1. The van der Waals surface area contributed by atoms with Gasteiger partial charge in [-0.3, -0.25) is 4.90 Å². The molecule has 0 unspecified atom stereocenters. The molecule has 3 aromatic heterocycles. The molecule has 0 spiro atoms.